The number of rotatable bonds is 7. The highest BCUT2D eigenvalue weighted by molar-refractivity contribution is 5.99. The molecule has 2 aromatic carbocycles. The van der Waals surface area contributed by atoms with Crippen LogP contribution in [0.3, 0.4) is 0 Å². The molecule has 0 bridgehead atoms. The van der Waals surface area contributed by atoms with Crippen LogP contribution in [0, 0.1) is 6.92 Å². The Morgan fingerprint density at radius 3 is 2.52 bits per heavy atom. The highest BCUT2D eigenvalue weighted by atomic mass is 16.5. The lowest BCUT2D eigenvalue weighted by atomic mass is 10.1. The molecule has 7 nitrogen and oxygen atoms in total. The summed E-state index contributed by atoms with van der Waals surface area (Å²) in [5.74, 6) is 0.902. The smallest absolute Gasteiger partial charge is 0.257 e. The van der Waals surface area contributed by atoms with E-state index in [0.29, 0.717) is 35.9 Å². The van der Waals surface area contributed by atoms with Crippen LogP contribution in [0.15, 0.2) is 65.3 Å². The van der Waals surface area contributed by atoms with Crippen LogP contribution in [0.2, 0.25) is 0 Å². The lowest BCUT2D eigenvalue weighted by Gasteiger charge is -2.14. The Hall–Kier alpha value is -3.74. The largest absolute Gasteiger partial charge is 0.337 e. The summed E-state index contributed by atoms with van der Waals surface area (Å²) in [6.45, 7) is 4.81. The first-order chi connectivity index (χ1) is 15.0. The molecule has 0 saturated carbocycles. The van der Waals surface area contributed by atoms with Crippen molar-refractivity contribution in [2.45, 2.75) is 33.4 Å². The molecule has 0 radical (unpaired) electrons. The summed E-state index contributed by atoms with van der Waals surface area (Å²) in [5, 5.41) is 8.65. The van der Waals surface area contributed by atoms with E-state index in [1.165, 1.54) is 0 Å². The van der Waals surface area contributed by atoms with Gasteiger partial charge >= 0.3 is 0 Å². The summed E-state index contributed by atoms with van der Waals surface area (Å²) < 4.78 is 7.06. The first kappa shape index (κ1) is 20.5. The van der Waals surface area contributed by atoms with Gasteiger partial charge in [0.05, 0.1) is 18.7 Å². The normalized spacial score (nSPS) is 10.9. The maximum Gasteiger partial charge on any atom is 0.257 e. The van der Waals surface area contributed by atoms with Gasteiger partial charge in [-0.15, -0.1) is 0 Å². The van der Waals surface area contributed by atoms with E-state index in [1.54, 1.807) is 11.9 Å². The standard InChI is InChI=1S/C24H25N5O2/c1-4-21-25-22(31-27-21)16-28(3)24(30)20-15-29(14-18-8-6-5-7-9-18)26-23(20)19-12-10-17(2)11-13-19/h5-13,15H,4,14,16H2,1-3H3. The van der Waals surface area contributed by atoms with E-state index in [1.807, 2.05) is 79.3 Å². The number of nitrogens with zero attached hydrogens (tertiary/aromatic N) is 5. The van der Waals surface area contributed by atoms with Crippen molar-refractivity contribution >= 4 is 5.91 Å². The van der Waals surface area contributed by atoms with Gasteiger partial charge < -0.3 is 9.42 Å². The monoisotopic (exact) mass is 415 g/mol. The first-order valence-electron chi connectivity index (χ1n) is 10.3. The molecular formula is C24H25N5O2. The number of hydrogen-bond acceptors (Lipinski definition) is 5. The van der Waals surface area contributed by atoms with Crippen molar-refractivity contribution in [2.24, 2.45) is 0 Å². The maximum atomic E-state index is 13.3. The summed E-state index contributed by atoms with van der Waals surface area (Å²) in [7, 11) is 1.73. The minimum Gasteiger partial charge on any atom is -0.337 e. The van der Waals surface area contributed by atoms with Crippen LogP contribution in [0.5, 0.6) is 0 Å². The van der Waals surface area contributed by atoms with Gasteiger partial charge in [-0.25, -0.2) is 0 Å². The zero-order valence-electron chi connectivity index (χ0n) is 17.9. The molecule has 0 saturated heterocycles. The fourth-order valence-electron chi connectivity index (χ4n) is 3.33. The second kappa shape index (κ2) is 8.95. The quantitative estimate of drug-likeness (QED) is 0.454. The van der Waals surface area contributed by atoms with E-state index < -0.39 is 0 Å². The van der Waals surface area contributed by atoms with Crippen LogP contribution < -0.4 is 0 Å². The Bertz CT molecular complexity index is 1160. The van der Waals surface area contributed by atoms with Crippen LogP contribution in [-0.2, 0) is 19.5 Å². The molecule has 2 aromatic heterocycles. The van der Waals surface area contributed by atoms with Gasteiger partial charge in [-0.05, 0) is 12.5 Å². The maximum absolute atomic E-state index is 13.3. The molecule has 0 spiro atoms. The fourth-order valence-corrected chi connectivity index (χ4v) is 3.33. The van der Waals surface area contributed by atoms with Crippen LogP contribution in [0.4, 0.5) is 0 Å². The first-order valence-corrected chi connectivity index (χ1v) is 10.3. The van der Waals surface area contributed by atoms with E-state index in [0.717, 1.165) is 16.7 Å². The molecule has 0 unspecified atom stereocenters. The predicted octanol–water partition coefficient (Wildman–Crippen LogP) is 4.12. The highest BCUT2D eigenvalue weighted by Crippen LogP contribution is 2.24. The summed E-state index contributed by atoms with van der Waals surface area (Å²) in [6, 6.07) is 18.1. The molecule has 7 heteroatoms. The van der Waals surface area contributed by atoms with Gasteiger partial charge in [0, 0.05) is 25.2 Å². The second-order valence-electron chi connectivity index (χ2n) is 7.56. The third kappa shape index (κ3) is 4.71. The third-order valence-electron chi connectivity index (χ3n) is 5.05. The average molecular weight is 415 g/mol. The molecule has 0 aliphatic rings. The molecule has 0 atom stereocenters. The van der Waals surface area contributed by atoms with Gasteiger partial charge in [0.1, 0.15) is 5.69 Å². The van der Waals surface area contributed by atoms with Gasteiger partial charge in [-0.2, -0.15) is 10.1 Å². The Kier molecular flexibility index (Phi) is 5.93. The lowest BCUT2D eigenvalue weighted by molar-refractivity contribution is 0.0770. The molecule has 158 valence electrons. The average Bonchev–Trinajstić information content (AvgIpc) is 3.41. The van der Waals surface area contributed by atoms with Gasteiger partial charge in [0.25, 0.3) is 5.91 Å². The van der Waals surface area contributed by atoms with Crippen molar-refractivity contribution in [3.63, 3.8) is 0 Å². The third-order valence-corrected chi connectivity index (χ3v) is 5.05. The molecule has 31 heavy (non-hydrogen) atoms. The Morgan fingerprint density at radius 2 is 1.84 bits per heavy atom. The summed E-state index contributed by atoms with van der Waals surface area (Å²) in [6.07, 6.45) is 2.50. The lowest BCUT2D eigenvalue weighted by Crippen LogP contribution is -2.26. The van der Waals surface area contributed by atoms with E-state index in [-0.39, 0.29) is 12.5 Å². The van der Waals surface area contributed by atoms with Gasteiger partial charge in [0.2, 0.25) is 5.89 Å². The number of benzene rings is 2. The van der Waals surface area contributed by atoms with Gasteiger partial charge in [0.15, 0.2) is 5.82 Å². The van der Waals surface area contributed by atoms with Crippen molar-refractivity contribution in [1.29, 1.82) is 0 Å². The Labute approximate surface area is 181 Å². The number of carbonyl (C=O) groups excluding carboxylic acids is 1. The molecule has 4 aromatic rings. The minimum absolute atomic E-state index is 0.147. The van der Waals surface area contributed by atoms with Crippen molar-refractivity contribution in [3.8, 4) is 11.3 Å². The van der Waals surface area contributed by atoms with Crippen LogP contribution in [-0.4, -0.2) is 37.8 Å². The summed E-state index contributed by atoms with van der Waals surface area (Å²) in [5.41, 5.74) is 4.37. The number of amides is 1. The topological polar surface area (TPSA) is 77.0 Å². The number of aromatic nitrogens is 4. The molecule has 2 heterocycles. The van der Waals surface area contributed by atoms with E-state index >= 15 is 0 Å². The molecule has 0 aliphatic heterocycles. The van der Waals surface area contributed by atoms with Crippen molar-refractivity contribution in [1.82, 2.24) is 24.8 Å². The van der Waals surface area contributed by atoms with Crippen molar-refractivity contribution in [3.05, 3.63) is 89.2 Å². The molecule has 1 amide bonds. The van der Waals surface area contributed by atoms with Crippen molar-refractivity contribution < 1.29 is 9.32 Å². The van der Waals surface area contributed by atoms with Gasteiger partial charge in [-0.1, -0.05) is 72.2 Å². The SMILES string of the molecule is CCc1noc(CN(C)C(=O)c2cn(Cc3ccccc3)nc2-c2ccc(C)cc2)n1. The minimum atomic E-state index is -0.147. The van der Waals surface area contributed by atoms with Gasteiger partial charge in [-0.3, -0.25) is 9.48 Å². The van der Waals surface area contributed by atoms with Crippen LogP contribution >= 0.6 is 0 Å². The number of hydrogen-bond donors (Lipinski definition) is 0. The Balaban J connectivity index is 1.64. The van der Waals surface area contributed by atoms with Crippen LogP contribution in [0.1, 0.15) is 40.1 Å². The predicted molar refractivity (Wildman–Crippen MR) is 117 cm³/mol. The fraction of sp³-hybridized carbons (Fsp3) is 0.250. The summed E-state index contributed by atoms with van der Waals surface area (Å²) in [4.78, 5) is 19.2. The zero-order chi connectivity index (χ0) is 21.8. The van der Waals surface area contributed by atoms with Crippen molar-refractivity contribution in [2.75, 3.05) is 7.05 Å². The highest BCUT2D eigenvalue weighted by Gasteiger charge is 2.22. The molecule has 0 N–H and O–H groups in total. The van der Waals surface area contributed by atoms with E-state index in [4.69, 9.17) is 9.62 Å². The Morgan fingerprint density at radius 1 is 1.10 bits per heavy atom. The molecule has 4 rings (SSSR count). The summed E-state index contributed by atoms with van der Waals surface area (Å²) >= 11 is 0. The number of carbonyl (C=O) groups is 1. The molecule has 0 aliphatic carbocycles. The molecule has 0 fully saturated rings. The number of aryl methyl sites for hydroxylation is 2. The molecular weight excluding hydrogens is 390 g/mol. The van der Waals surface area contributed by atoms with E-state index in [2.05, 4.69) is 10.1 Å². The second-order valence-corrected chi connectivity index (χ2v) is 7.56. The zero-order valence-corrected chi connectivity index (χ0v) is 17.9. The van der Waals surface area contributed by atoms with E-state index in [9.17, 15) is 4.79 Å². The van der Waals surface area contributed by atoms with Crippen LogP contribution in [0.25, 0.3) is 11.3 Å².